The summed E-state index contributed by atoms with van der Waals surface area (Å²) in [4.78, 5) is 21.2. The van der Waals surface area contributed by atoms with Crippen LogP contribution < -0.4 is 5.32 Å². The van der Waals surface area contributed by atoms with Crippen molar-refractivity contribution in [3.63, 3.8) is 0 Å². The molecule has 0 radical (unpaired) electrons. The number of carbonyl (C=O) groups is 1. The van der Waals surface area contributed by atoms with Gasteiger partial charge in [-0.25, -0.2) is 4.98 Å². The Morgan fingerprint density at radius 1 is 1.65 bits per heavy atom. The summed E-state index contributed by atoms with van der Waals surface area (Å²) in [6.07, 6.45) is 6.98. The number of nitrogens with zero attached hydrogens (tertiary/aromatic N) is 2. The molecule has 2 heterocycles. The fraction of sp³-hybridized carbons (Fsp3) is 0.714. The molecule has 1 saturated heterocycles. The number of rotatable bonds is 6. The van der Waals surface area contributed by atoms with Gasteiger partial charge >= 0.3 is 0 Å². The SMILES string of the molecule is CNC(=O)CC[C@]1(OC)CCCN(Cc2ncc[nH]2)C1. The number of amides is 1. The molecule has 0 aromatic carbocycles. The number of likely N-dealkylation sites (tertiary alicyclic amines) is 1. The summed E-state index contributed by atoms with van der Waals surface area (Å²) in [7, 11) is 3.42. The Bertz CT molecular complexity index is 421. The first kappa shape index (κ1) is 15.0. The highest BCUT2D eigenvalue weighted by Crippen LogP contribution is 2.29. The number of aromatic nitrogens is 2. The van der Waals surface area contributed by atoms with Crippen LogP contribution in [0.1, 0.15) is 31.5 Å². The molecule has 20 heavy (non-hydrogen) atoms. The number of nitrogens with one attached hydrogen (secondary N) is 2. The molecule has 0 bridgehead atoms. The molecule has 6 heteroatoms. The Labute approximate surface area is 119 Å². The molecule has 1 aliphatic heterocycles. The summed E-state index contributed by atoms with van der Waals surface area (Å²) < 4.78 is 5.77. The van der Waals surface area contributed by atoms with Crippen molar-refractivity contribution >= 4 is 5.91 Å². The van der Waals surface area contributed by atoms with Gasteiger partial charge in [0, 0.05) is 39.5 Å². The van der Waals surface area contributed by atoms with Crippen molar-refractivity contribution in [2.75, 3.05) is 27.2 Å². The average molecular weight is 280 g/mol. The van der Waals surface area contributed by atoms with Crippen LogP contribution in [0.2, 0.25) is 0 Å². The van der Waals surface area contributed by atoms with Crippen molar-refractivity contribution in [3.05, 3.63) is 18.2 Å². The summed E-state index contributed by atoms with van der Waals surface area (Å²) >= 11 is 0. The maximum Gasteiger partial charge on any atom is 0.219 e. The Kier molecular flexibility index (Phi) is 5.14. The van der Waals surface area contributed by atoms with E-state index in [1.165, 1.54) is 0 Å². The quantitative estimate of drug-likeness (QED) is 0.813. The number of ether oxygens (including phenoxy) is 1. The third-order valence-electron chi connectivity index (χ3n) is 4.07. The first-order chi connectivity index (χ1) is 9.67. The molecule has 1 amide bonds. The largest absolute Gasteiger partial charge is 0.377 e. The summed E-state index contributed by atoms with van der Waals surface area (Å²) in [6, 6.07) is 0. The monoisotopic (exact) mass is 280 g/mol. The van der Waals surface area contributed by atoms with E-state index >= 15 is 0 Å². The summed E-state index contributed by atoms with van der Waals surface area (Å²) in [6.45, 7) is 2.70. The summed E-state index contributed by atoms with van der Waals surface area (Å²) in [5, 5.41) is 2.67. The van der Waals surface area contributed by atoms with Gasteiger partial charge in [-0.1, -0.05) is 0 Å². The normalized spacial score (nSPS) is 23.7. The van der Waals surface area contributed by atoms with Crippen LogP contribution in [0.15, 0.2) is 12.4 Å². The molecule has 1 aromatic rings. The molecule has 0 unspecified atom stereocenters. The van der Waals surface area contributed by atoms with Crippen molar-refractivity contribution < 1.29 is 9.53 Å². The van der Waals surface area contributed by atoms with Gasteiger partial charge in [0.2, 0.25) is 5.91 Å². The fourth-order valence-electron chi connectivity index (χ4n) is 2.86. The smallest absolute Gasteiger partial charge is 0.219 e. The number of hydrogen-bond acceptors (Lipinski definition) is 4. The highest BCUT2D eigenvalue weighted by molar-refractivity contribution is 5.75. The lowest BCUT2D eigenvalue weighted by Crippen LogP contribution is -2.49. The molecule has 0 aliphatic carbocycles. The van der Waals surface area contributed by atoms with Crippen LogP contribution in [0.4, 0.5) is 0 Å². The van der Waals surface area contributed by atoms with E-state index in [1.54, 1.807) is 20.4 Å². The number of carbonyl (C=O) groups excluding carboxylic acids is 1. The highest BCUT2D eigenvalue weighted by atomic mass is 16.5. The van der Waals surface area contributed by atoms with Crippen LogP contribution in [0.25, 0.3) is 0 Å². The predicted octanol–water partition coefficient (Wildman–Crippen LogP) is 0.917. The Morgan fingerprint density at radius 2 is 2.50 bits per heavy atom. The lowest BCUT2D eigenvalue weighted by molar-refractivity contribution is -0.124. The Balaban J connectivity index is 1.93. The molecule has 6 nitrogen and oxygen atoms in total. The number of imidazole rings is 1. The van der Waals surface area contributed by atoms with Crippen molar-refractivity contribution in [2.45, 2.75) is 37.8 Å². The molecule has 0 saturated carbocycles. The Hall–Kier alpha value is -1.40. The molecular weight excluding hydrogens is 256 g/mol. The topological polar surface area (TPSA) is 70.2 Å². The van der Waals surface area contributed by atoms with Crippen molar-refractivity contribution in [3.8, 4) is 0 Å². The van der Waals surface area contributed by atoms with E-state index in [0.717, 1.165) is 44.7 Å². The van der Waals surface area contributed by atoms with E-state index in [1.807, 2.05) is 6.20 Å². The number of hydrogen-bond donors (Lipinski definition) is 2. The molecule has 2 rings (SSSR count). The van der Waals surface area contributed by atoms with Gasteiger partial charge in [0.05, 0.1) is 12.1 Å². The van der Waals surface area contributed by atoms with Crippen LogP contribution in [-0.2, 0) is 16.1 Å². The minimum absolute atomic E-state index is 0.0737. The van der Waals surface area contributed by atoms with Gasteiger partial charge in [-0.2, -0.15) is 0 Å². The third kappa shape index (κ3) is 3.80. The standard InChI is InChI=1S/C14H24N4O2/c1-15-13(19)4-6-14(20-2)5-3-9-18(11-14)10-12-16-7-8-17-12/h7-8H,3-6,9-11H2,1-2H3,(H,15,19)(H,16,17)/t14-/m1/s1. The maximum atomic E-state index is 11.5. The zero-order valence-electron chi connectivity index (χ0n) is 12.3. The first-order valence-corrected chi connectivity index (χ1v) is 7.14. The second kappa shape index (κ2) is 6.85. The zero-order chi connectivity index (χ0) is 14.4. The number of methoxy groups -OCH3 is 1. The predicted molar refractivity (Wildman–Crippen MR) is 76.1 cm³/mol. The van der Waals surface area contributed by atoms with Gasteiger partial charge in [0.15, 0.2) is 0 Å². The maximum absolute atomic E-state index is 11.5. The van der Waals surface area contributed by atoms with E-state index in [4.69, 9.17) is 4.74 Å². The third-order valence-corrected chi connectivity index (χ3v) is 4.07. The zero-order valence-corrected chi connectivity index (χ0v) is 12.3. The van der Waals surface area contributed by atoms with E-state index < -0.39 is 0 Å². The van der Waals surface area contributed by atoms with Crippen LogP contribution in [0.5, 0.6) is 0 Å². The van der Waals surface area contributed by atoms with E-state index in [2.05, 4.69) is 20.2 Å². The van der Waals surface area contributed by atoms with E-state index in [0.29, 0.717) is 6.42 Å². The van der Waals surface area contributed by atoms with Gasteiger partial charge in [-0.15, -0.1) is 0 Å². The fourth-order valence-corrected chi connectivity index (χ4v) is 2.86. The van der Waals surface area contributed by atoms with Crippen molar-refractivity contribution in [1.29, 1.82) is 0 Å². The van der Waals surface area contributed by atoms with Crippen LogP contribution >= 0.6 is 0 Å². The molecule has 1 fully saturated rings. The average Bonchev–Trinajstić information content (AvgIpc) is 2.98. The molecule has 112 valence electrons. The van der Waals surface area contributed by atoms with Gasteiger partial charge in [0.1, 0.15) is 5.82 Å². The van der Waals surface area contributed by atoms with Gasteiger partial charge in [0.25, 0.3) is 0 Å². The number of H-pyrrole nitrogens is 1. The van der Waals surface area contributed by atoms with Crippen molar-refractivity contribution in [1.82, 2.24) is 20.2 Å². The van der Waals surface area contributed by atoms with Crippen molar-refractivity contribution in [2.24, 2.45) is 0 Å². The lowest BCUT2D eigenvalue weighted by atomic mass is 9.87. The summed E-state index contributed by atoms with van der Waals surface area (Å²) in [5.41, 5.74) is -0.211. The summed E-state index contributed by atoms with van der Waals surface area (Å²) in [5.74, 6) is 1.05. The number of piperidine rings is 1. The first-order valence-electron chi connectivity index (χ1n) is 7.14. The molecule has 2 N–H and O–H groups in total. The Morgan fingerprint density at radius 3 is 3.15 bits per heavy atom. The van der Waals surface area contributed by atoms with E-state index in [-0.39, 0.29) is 11.5 Å². The van der Waals surface area contributed by atoms with Crippen LogP contribution in [-0.4, -0.2) is 53.6 Å². The second-order valence-electron chi connectivity index (χ2n) is 5.41. The van der Waals surface area contributed by atoms with Crippen LogP contribution in [0, 0.1) is 0 Å². The molecule has 0 spiro atoms. The molecule has 1 atom stereocenters. The van der Waals surface area contributed by atoms with Gasteiger partial charge in [-0.3, -0.25) is 9.69 Å². The molecule has 1 aromatic heterocycles. The van der Waals surface area contributed by atoms with Gasteiger partial charge in [-0.05, 0) is 25.8 Å². The highest BCUT2D eigenvalue weighted by Gasteiger charge is 2.35. The lowest BCUT2D eigenvalue weighted by Gasteiger charge is -2.41. The van der Waals surface area contributed by atoms with Gasteiger partial charge < -0.3 is 15.0 Å². The minimum Gasteiger partial charge on any atom is -0.377 e. The van der Waals surface area contributed by atoms with Crippen LogP contribution in [0.3, 0.4) is 0 Å². The minimum atomic E-state index is -0.211. The molecule has 1 aliphatic rings. The van der Waals surface area contributed by atoms with E-state index in [9.17, 15) is 4.79 Å². The number of aromatic amines is 1. The second-order valence-corrected chi connectivity index (χ2v) is 5.41. The molecular formula is C14H24N4O2.